The Balaban J connectivity index is 1.61. The molecule has 0 saturated carbocycles. The van der Waals surface area contributed by atoms with Gasteiger partial charge >= 0.3 is 0 Å². The van der Waals surface area contributed by atoms with Gasteiger partial charge in [-0.15, -0.1) is 0 Å². The number of phenols is 1. The van der Waals surface area contributed by atoms with E-state index in [0.717, 1.165) is 0 Å². The van der Waals surface area contributed by atoms with Gasteiger partial charge < -0.3 is 15.2 Å². The van der Waals surface area contributed by atoms with Crippen molar-refractivity contribution in [1.82, 2.24) is 5.43 Å². The van der Waals surface area contributed by atoms with Gasteiger partial charge in [0.05, 0.1) is 18.3 Å². The number of nitrogens with zero attached hydrogens (tertiary/aromatic N) is 1. The number of phenolic OH excluding ortho intramolecular Hbond substituents is 1. The maximum atomic E-state index is 12.3. The van der Waals surface area contributed by atoms with Crippen LogP contribution in [0.15, 0.2) is 65.8 Å². The number of aromatic hydroxyl groups is 1. The molecule has 0 aromatic heterocycles. The summed E-state index contributed by atoms with van der Waals surface area (Å²) in [6.07, 6.45) is 1.37. The summed E-state index contributed by atoms with van der Waals surface area (Å²) in [5, 5.41) is 16.9. The summed E-state index contributed by atoms with van der Waals surface area (Å²) < 4.78 is 5.02. The van der Waals surface area contributed by atoms with Gasteiger partial charge in [0.1, 0.15) is 0 Å². The fraction of sp³-hybridized carbons (Fsp3) is 0.0455. The monoisotopic (exact) mass is 457 g/mol. The van der Waals surface area contributed by atoms with Gasteiger partial charge in [0.2, 0.25) is 0 Å². The van der Waals surface area contributed by atoms with E-state index < -0.39 is 5.91 Å². The molecule has 0 fully saturated rings. The fourth-order valence-electron chi connectivity index (χ4n) is 2.59. The molecule has 9 heteroatoms. The Labute approximate surface area is 188 Å². The van der Waals surface area contributed by atoms with E-state index in [1.165, 1.54) is 25.5 Å². The van der Waals surface area contributed by atoms with Crippen LogP contribution in [-0.4, -0.2) is 30.2 Å². The number of anilines is 1. The summed E-state index contributed by atoms with van der Waals surface area (Å²) in [5.41, 5.74) is 4.22. The Kier molecular flexibility index (Phi) is 7.12. The van der Waals surface area contributed by atoms with Crippen LogP contribution >= 0.6 is 23.2 Å². The molecule has 3 N–H and O–H groups in total. The lowest BCUT2D eigenvalue weighted by atomic mass is 10.1. The highest BCUT2D eigenvalue weighted by molar-refractivity contribution is 6.32. The first-order valence-electron chi connectivity index (χ1n) is 8.94. The minimum atomic E-state index is -0.444. The SMILES string of the molecule is COc1cc(/C=N/NC(=O)c2ccc(NC(=O)c3cccc(Cl)c3)cc2)cc(Cl)c1O. The molecule has 0 spiro atoms. The van der Waals surface area contributed by atoms with Crippen LogP contribution in [0.3, 0.4) is 0 Å². The molecule has 31 heavy (non-hydrogen) atoms. The zero-order valence-electron chi connectivity index (χ0n) is 16.2. The molecule has 0 aliphatic carbocycles. The molecule has 0 atom stereocenters. The van der Waals surface area contributed by atoms with Crippen LogP contribution in [0.2, 0.25) is 10.0 Å². The number of carbonyl (C=O) groups excluding carboxylic acids is 2. The van der Waals surface area contributed by atoms with Crippen LogP contribution in [-0.2, 0) is 0 Å². The number of benzene rings is 3. The molecule has 2 amide bonds. The molecule has 3 aromatic carbocycles. The zero-order valence-corrected chi connectivity index (χ0v) is 17.7. The van der Waals surface area contributed by atoms with Crippen LogP contribution in [0.25, 0.3) is 0 Å². The summed E-state index contributed by atoms with van der Waals surface area (Å²) in [6, 6.07) is 15.9. The van der Waals surface area contributed by atoms with Crippen molar-refractivity contribution >= 4 is 46.9 Å². The Morgan fingerprint density at radius 1 is 1.00 bits per heavy atom. The predicted molar refractivity (Wildman–Crippen MR) is 121 cm³/mol. The molecular weight excluding hydrogens is 441 g/mol. The Morgan fingerprint density at radius 3 is 2.42 bits per heavy atom. The molecule has 7 nitrogen and oxygen atoms in total. The number of halogens is 2. The van der Waals surface area contributed by atoms with E-state index in [4.69, 9.17) is 27.9 Å². The highest BCUT2D eigenvalue weighted by Gasteiger charge is 2.10. The lowest BCUT2D eigenvalue weighted by molar-refractivity contribution is 0.0954. The number of hydrogen-bond acceptors (Lipinski definition) is 5. The lowest BCUT2D eigenvalue weighted by Gasteiger charge is -2.07. The van der Waals surface area contributed by atoms with Gasteiger partial charge in [-0.2, -0.15) is 5.10 Å². The topological polar surface area (TPSA) is 100 Å². The van der Waals surface area contributed by atoms with Crippen molar-refractivity contribution in [2.24, 2.45) is 5.10 Å². The number of nitrogens with one attached hydrogen (secondary N) is 2. The van der Waals surface area contributed by atoms with Crippen LogP contribution in [0.4, 0.5) is 5.69 Å². The molecule has 3 aromatic rings. The fourth-order valence-corrected chi connectivity index (χ4v) is 3.00. The number of methoxy groups -OCH3 is 1. The number of ether oxygens (including phenoxy) is 1. The third-order valence-electron chi connectivity index (χ3n) is 4.14. The van der Waals surface area contributed by atoms with Gasteiger partial charge in [-0.05, 0) is 60.2 Å². The summed E-state index contributed by atoms with van der Waals surface area (Å²) >= 11 is 11.8. The molecule has 158 valence electrons. The summed E-state index contributed by atoms with van der Waals surface area (Å²) in [5.74, 6) is -0.739. The molecule has 3 rings (SSSR count). The van der Waals surface area contributed by atoms with Crippen LogP contribution in [0, 0.1) is 0 Å². The molecule has 0 aliphatic rings. The van der Waals surface area contributed by atoms with Crippen molar-refractivity contribution in [1.29, 1.82) is 0 Å². The Morgan fingerprint density at radius 2 is 1.74 bits per heavy atom. The quantitative estimate of drug-likeness (QED) is 0.368. The smallest absolute Gasteiger partial charge is 0.271 e. The molecular formula is C22H17Cl2N3O4. The molecule has 0 bridgehead atoms. The van der Waals surface area contributed by atoms with Gasteiger partial charge in [0.25, 0.3) is 11.8 Å². The number of hydrazone groups is 1. The van der Waals surface area contributed by atoms with Crippen molar-refractivity contribution < 1.29 is 19.4 Å². The van der Waals surface area contributed by atoms with E-state index in [9.17, 15) is 14.7 Å². The first-order valence-corrected chi connectivity index (χ1v) is 9.70. The highest BCUT2D eigenvalue weighted by atomic mass is 35.5. The third-order valence-corrected chi connectivity index (χ3v) is 4.67. The molecule has 0 radical (unpaired) electrons. The maximum absolute atomic E-state index is 12.3. The maximum Gasteiger partial charge on any atom is 0.271 e. The number of hydrogen-bond donors (Lipinski definition) is 3. The van der Waals surface area contributed by atoms with Crippen LogP contribution < -0.4 is 15.5 Å². The van der Waals surface area contributed by atoms with Crippen molar-refractivity contribution in [2.75, 3.05) is 12.4 Å². The average Bonchev–Trinajstić information content (AvgIpc) is 2.76. The van der Waals surface area contributed by atoms with E-state index in [2.05, 4.69) is 15.8 Å². The van der Waals surface area contributed by atoms with Crippen molar-refractivity contribution in [3.05, 3.63) is 87.4 Å². The average molecular weight is 458 g/mol. The van der Waals surface area contributed by atoms with Gasteiger partial charge in [-0.1, -0.05) is 29.3 Å². The standard InChI is InChI=1S/C22H17Cl2N3O4/c1-31-19-10-13(9-18(24)20(19)28)12-25-27-22(30)14-5-7-17(8-6-14)26-21(29)15-3-2-4-16(23)11-15/h2-12,28H,1H3,(H,26,29)(H,27,30)/b25-12+. The van der Waals surface area contributed by atoms with E-state index in [1.54, 1.807) is 48.5 Å². The second kappa shape index (κ2) is 9.97. The zero-order chi connectivity index (χ0) is 22.4. The minimum absolute atomic E-state index is 0.0996. The van der Waals surface area contributed by atoms with Crippen LogP contribution in [0.1, 0.15) is 26.3 Å². The molecule has 0 saturated heterocycles. The minimum Gasteiger partial charge on any atom is -0.503 e. The van der Waals surface area contributed by atoms with E-state index in [0.29, 0.717) is 27.4 Å². The van der Waals surface area contributed by atoms with E-state index in [-0.39, 0.29) is 22.4 Å². The second-order valence-electron chi connectivity index (χ2n) is 6.29. The summed E-state index contributed by atoms with van der Waals surface area (Å²) in [6.45, 7) is 0. The number of amides is 2. The summed E-state index contributed by atoms with van der Waals surface area (Å²) in [4.78, 5) is 24.5. The second-order valence-corrected chi connectivity index (χ2v) is 7.14. The Hall–Kier alpha value is -3.55. The van der Waals surface area contributed by atoms with Crippen molar-refractivity contribution in [3.63, 3.8) is 0 Å². The number of rotatable bonds is 6. The van der Waals surface area contributed by atoms with E-state index >= 15 is 0 Å². The third kappa shape index (κ3) is 5.75. The van der Waals surface area contributed by atoms with Crippen LogP contribution in [0.5, 0.6) is 11.5 Å². The van der Waals surface area contributed by atoms with Gasteiger partial charge in [0, 0.05) is 21.8 Å². The number of carbonyl (C=O) groups is 2. The van der Waals surface area contributed by atoms with Crippen molar-refractivity contribution in [3.8, 4) is 11.5 Å². The largest absolute Gasteiger partial charge is 0.503 e. The lowest BCUT2D eigenvalue weighted by Crippen LogP contribution is -2.18. The molecule has 0 aliphatic heterocycles. The van der Waals surface area contributed by atoms with E-state index in [1.807, 2.05) is 0 Å². The predicted octanol–water partition coefficient (Wildman–Crippen LogP) is 4.72. The van der Waals surface area contributed by atoms with Gasteiger partial charge in [-0.3, -0.25) is 9.59 Å². The molecule has 0 unspecified atom stereocenters. The molecule has 0 heterocycles. The van der Waals surface area contributed by atoms with Gasteiger partial charge in [-0.25, -0.2) is 5.43 Å². The first-order chi connectivity index (χ1) is 14.9. The van der Waals surface area contributed by atoms with Gasteiger partial charge in [0.15, 0.2) is 11.5 Å². The normalized spacial score (nSPS) is 10.7. The first kappa shape index (κ1) is 22.1. The van der Waals surface area contributed by atoms with Crippen molar-refractivity contribution in [2.45, 2.75) is 0 Å². The highest BCUT2D eigenvalue weighted by Crippen LogP contribution is 2.34. The Bertz CT molecular complexity index is 1150. The summed E-state index contributed by atoms with van der Waals surface area (Å²) in [7, 11) is 1.40.